The van der Waals surface area contributed by atoms with Gasteiger partial charge in [0.15, 0.2) is 0 Å². The van der Waals surface area contributed by atoms with E-state index in [9.17, 15) is 9.90 Å². The van der Waals surface area contributed by atoms with Crippen LogP contribution in [0.15, 0.2) is 36.4 Å². The van der Waals surface area contributed by atoms with Crippen LogP contribution in [0.5, 0.6) is 5.75 Å². The van der Waals surface area contributed by atoms with Crippen LogP contribution < -0.4 is 5.32 Å². The summed E-state index contributed by atoms with van der Waals surface area (Å²) in [5.41, 5.74) is 0.553. The van der Waals surface area contributed by atoms with Crippen molar-refractivity contribution in [2.75, 3.05) is 5.32 Å². The van der Waals surface area contributed by atoms with Crippen LogP contribution in [0.3, 0.4) is 0 Å². The fourth-order valence-electron chi connectivity index (χ4n) is 1.48. The summed E-state index contributed by atoms with van der Waals surface area (Å²) in [5, 5.41) is 13.2. The number of phenols is 1. The number of aromatic hydroxyl groups is 1. The van der Waals surface area contributed by atoms with E-state index in [1.54, 1.807) is 24.3 Å². The average Bonchev–Trinajstić information content (AvgIpc) is 2.33. The molecule has 98 valence electrons. The summed E-state index contributed by atoms with van der Waals surface area (Å²) < 4.78 is 0. The first-order chi connectivity index (χ1) is 8.97. The lowest BCUT2D eigenvalue weighted by molar-refractivity contribution is 0.102. The molecule has 0 aliphatic heterocycles. The highest BCUT2D eigenvalue weighted by Gasteiger charge is 2.14. The lowest BCUT2D eigenvalue weighted by atomic mass is 10.2. The van der Waals surface area contributed by atoms with Crippen LogP contribution in [0.4, 0.5) is 5.69 Å². The molecule has 0 fully saturated rings. The molecule has 0 aliphatic rings. The summed E-state index contributed by atoms with van der Waals surface area (Å²) in [6.45, 7) is 0. The zero-order valence-corrected chi connectivity index (χ0v) is 11.7. The van der Waals surface area contributed by atoms with Gasteiger partial charge in [-0.25, -0.2) is 0 Å². The van der Waals surface area contributed by atoms with Crippen molar-refractivity contribution in [2.24, 2.45) is 0 Å². The number of rotatable bonds is 2. The fraction of sp³-hybridized carbons (Fsp3) is 0. The molecule has 6 heteroatoms. The van der Waals surface area contributed by atoms with Crippen molar-refractivity contribution in [2.45, 2.75) is 0 Å². The van der Waals surface area contributed by atoms with Crippen LogP contribution in [0, 0.1) is 0 Å². The van der Waals surface area contributed by atoms with Gasteiger partial charge in [-0.3, -0.25) is 4.79 Å². The van der Waals surface area contributed by atoms with Gasteiger partial charge in [-0.05, 0) is 24.3 Å². The smallest absolute Gasteiger partial charge is 0.259 e. The minimum Gasteiger partial charge on any atom is -0.507 e. The number of carbonyl (C=O) groups excluding carboxylic acids is 1. The molecule has 0 aromatic heterocycles. The molecule has 0 radical (unpaired) electrons. The van der Waals surface area contributed by atoms with E-state index in [-0.39, 0.29) is 21.4 Å². The first kappa shape index (κ1) is 14.0. The molecule has 19 heavy (non-hydrogen) atoms. The molecule has 0 atom stereocenters. The van der Waals surface area contributed by atoms with Crippen LogP contribution >= 0.6 is 34.8 Å². The standard InChI is InChI=1S/C13H8Cl3NO2/c14-7-2-1-3-8(4-7)17-13(19)9-5-10(15)11(16)6-12(9)18/h1-6,18H,(H,17,19). The SMILES string of the molecule is O=C(Nc1cccc(Cl)c1)c1cc(Cl)c(Cl)cc1O. The second-order valence-electron chi connectivity index (χ2n) is 3.75. The highest BCUT2D eigenvalue weighted by atomic mass is 35.5. The van der Waals surface area contributed by atoms with Crippen molar-refractivity contribution in [1.29, 1.82) is 0 Å². The van der Waals surface area contributed by atoms with Crippen molar-refractivity contribution in [3.05, 3.63) is 57.0 Å². The largest absolute Gasteiger partial charge is 0.507 e. The lowest BCUT2D eigenvalue weighted by Gasteiger charge is -2.08. The van der Waals surface area contributed by atoms with Gasteiger partial charge in [0.05, 0.1) is 15.6 Å². The Morgan fingerprint density at radius 3 is 2.42 bits per heavy atom. The van der Waals surface area contributed by atoms with Crippen LogP contribution in [0.25, 0.3) is 0 Å². The second-order valence-corrected chi connectivity index (χ2v) is 5.00. The maximum absolute atomic E-state index is 12.0. The van der Waals surface area contributed by atoms with Crippen LogP contribution in [0.2, 0.25) is 15.1 Å². The van der Waals surface area contributed by atoms with Crippen LogP contribution in [0.1, 0.15) is 10.4 Å². The van der Waals surface area contributed by atoms with Gasteiger partial charge in [0.25, 0.3) is 5.91 Å². The van der Waals surface area contributed by atoms with E-state index in [2.05, 4.69) is 5.32 Å². The molecule has 1 amide bonds. The number of hydrogen-bond acceptors (Lipinski definition) is 2. The summed E-state index contributed by atoms with van der Waals surface area (Å²) in [7, 11) is 0. The van der Waals surface area contributed by atoms with E-state index in [1.807, 2.05) is 0 Å². The van der Waals surface area contributed by atoms with Crippen LogP contribution in [-0.2, 0) is 0 Å². The van der Waals surface area contributed by atoms with E-state index in [4.69, 9.17) is 34.8 Å². The molecule has 2 aromatic carbocycles. The summed E-state index contributed by atoms with van der Waals surface area (Å²) in [6, 6.07) is 9.18. The van der Waals surface area contributed by atoms with Crippen molar-refractivity contribution in [3.8, 4) is 5.75 Å². The maximum atomic E-state index is 12.0. The summed E-state index contributed by atoms with van der Waals surface area (Å²) >= 11 is 17.4. The van der Waals surface area contributed by atoms with Gasteiger partial charge < -0.3 is 10.4 Å². The monoisotopic (exact) mass is 315 g/mol. The summed E-state index contributed by atoms with van der Waals surface area (Å²) in [6.07, 6.45) is 0. The predicted octanol–water partition coefficient (Wildman–Crippen LogP) is 4.60. The van der Waals surface area contributed by atoms with Crippen molar-refractivity contribution in [1.82, 2.24) is 0 Å². The first-order valence-corrected chi connectivity index (χ1v) is 6.35. The van der Waals surface area contributed by atoms with E-state index < -0.39 is 5.91 Å². The Hall–Kier alpha value is -1.42. The molecule has 3 nitrogen and oxygen atoms in total. The highest BCUT2D eigenvalue weighted by molar-refractivity contribution is 6.42. The van der Waals surface area contributed by atoms with Gasteiger partial charge in [-0.1, -0.05) is 40.9 Å². The third-order valence-electron chi connectivity index (χ3n) is 2.37. The maximum Gasteiger partial charge on any atom is 0.259 e. The minimum absolute atomic E-state index is 0.0365. The summed E-state index contributed by atoms with van der Waals surface area (Å²) in [5.74, 6) is -0.743. The Balaban J connectivity index is 2.28. The summed E-state index contributed by atoms with van der Waals surface area (Å²) in [4.78, 5) is 12.0. The molecule has 0 saturated heterocycles. The van der Waals surface area contributed by atoms with Gasteiger partial charge >= 0.3 is 0 Å². The van der Waals surface area contributed by atoms with Gasteiger partial charge in [-0.2, -0.15) is 0 Å². The van der Waals surface area contributed by atoms with Crippen molar-refractivity contribution >= 4 is 46.4 Å². The molecule has 2 N–H and O–H groups in total. The van der Waals surface area contributed by atoms with Gasteiger partial charge in [0, 0.05) is 16.8 Å². The quantitative estimate of drug-likeness (QED) is 0.850. The molecule has 0 bridgehead atoms. The predicted molar refractivity (Wildman–Crippen MR) is 77.5 cm³/mol. The number of benzene rings is 2. The normalized spacial score (nSPS) is 10.3. The Bertz CT molecular complexity index is 644. The molecule has 0 heterocycles. The topological polar surface area (TPSA) is 49.3 Å². The molecule has 0 aliphatic carbocycles. The number of phenolic OH excluding ortho intramolecular Hbond substituents is 1. The Labute approximate surface area is 124 Å². The molecule has 0 spiro atoms. The Morgan fingerprint density at radius 2 is 1.74 bits per heavy atom. The third-order valence-corrected chi connectivity index (χ3v) is 3.32. The van der Waals surface area contributed by atoms with Crippen LogP contribution in [-0.4, -0.2) is 11.0 Å². The zero-order valence-electron chi connectivity index (χ0n) is 9.45. The highest BCUT2D eigenvalue weighted by Crippen LogP contribution is 2.30. The Kier molecular flexibility index (Phi) is 4.20. The molecular formula is C13H8Cl3NO2. The molecule has 0 unspecified atom stereocenters. The minimum atomic E-state index is -0.502. The average molecular weight is 317 g/mol. The number of anilines is 1. The third kappa shape index (κ3) is 3.32. The molecular weight excluding hydrogens is 309 g/mol. The van der Waals surface area contributed by atoms with E-state index in [0.717, 1.165) is 0 Å². The molecule has 0 saturated carbocycles. The fourth-order valence-corrected chi connectivity index (χ4v) is 1.99. The number of hydrogen-bond donors (Lipinski definition) is 2. The molecule has 2 aromatic rings. The first-order valence-electron chi connectivity index (χ1n) is 5.22. The van der Waals surface area contributed by atoms with Crippen molar-refractivity contribution < 1.29 is 9.90 Å². The lowest BCUT2D eigenvalue weighted by Crippen LogP contribution is -2.12. The zero-order chi connectivity index (χ0) is 14.0. The Morgan fingerprint density at radius 1 is 1.05 bits per heavy atom. The number of nitrogens with one attached hydrogen (secondary N) is 1. The van der Waals surface area contributed by atoms with E-state index in [1.165, 1.54) is 12.1 Å². The number of amides is 1. The van der Waals surface area contributed by atoms with Gasteiger partial charge in [-0.15, -0.1) is 0 Å². The van der Waals surface area contributed by atoms with E-state index in [0.29, 0.717) is 10.7 Å². The van der Waals surface area contributed by atoms with E-state index >= 15 is 0 Å². The second kappa shape index (κ2) is 5.70. The van der Waals surface area contributed by atoms with Crippen molar-refractivity contribution in [3.63, 3.8) is 0 Å². The van der Waals surface area contributed by atoms with Gasteiger partial charge in [0.2, 0.25) is 0 Å². The molecule has 2 rings (SSSR count). The van der Waals surface area contributed by atoms with Gasteiger partial charge in [0.1, 0.15) is 5.75 Å². The number of carbonyl (C=O) groups is 1. The number of halogens is 3.